The van der Waals surface area contributed by atoms with Crippen molar-refractivity contribution in [3.63, 3.8) is 0 Å². The van der Waals surface area contributed by atoms with Crippen molar-refractivity contribution in [3.8, 4) is 0 Å². The number of nitro groups is 1. The lowest BCUT2D eigenvalue weighted by Gasteiger charge is -2.16. The van der Waals surface area contributed by atoms with Gasteiger partial charge in [-0.2, -0.15) is 0 Å². The van der Waals surface area contributed by atoms with Crippen molar-refractivity contribution in [1.82, 2.24) is 19.5 Å². The van der Waals surface area contributed by atoms with Crippen molar-refractivity contribution in [3.05, 3.63) is 52.1 Å². The fraction of sp³-hybridized carbons (Fsp3) is 0.389. The molecule has 4 rings (SSSR count). The van der Waals surface area contributed by atoms with Crippen LogP contribution in [0.5, 0.6) is 0 Å². The van der Waals surface area contributed by atoms with Gasteiger partial charge in [-0.15, -0.1) is 0 Å². The minimum absolute atomic E-state index is 0.0378. The number of nitrogens with zero attached hydrogens (tertiary/aromatic N) is 5. The molecular formula is C18H20N6O6. The molecule has 0 saturated carbocycles. The van der Waals surface area contributed by atoms with Crippen molar-refractivity contribution in [1.29, 1.82) is 0 Å². The van der Waals surface area contributed by atoms with E-state index in [-0.39, 0.29) is 12.2 Å². The minimum Gasteiger partial charge on any atom is -0.394 e. The van der Waals surface area contributed by atoms with Gasteiger partial charge in [0.05, 0.1) is 17.9 Å². The Bertz CT molecular complexity index is 1090. The lowest BCUT2D eigenvalue weighted by atomic mass is 10.1. The molecule has 158 valence electrons. The number of anilines is 1. The summed E-state index contributed by atoms with van der Waals surface area (Å²) in [6.07, 6.45) is -1.68. The number of hydrogen-bond acceptors (Lipinski definition) is 10. The average Bonchev–Trinajstić information content (AvgIpc) is 3.28. The summed E-state index contributed by atoms with van der Waals surface area (Å²) >= 11 is 0. The van der Waals surface area contributed by atoms with E-state index in [9.17, 15) is 25.4 Å². The first-order chi connectivity index (χ1) is 14.4. The highest BCUT2D eigenvalue weighted by Crippen LogP contribution is 2.32. The maximum absolute atomic E-state index is 11.1. The second-order valence-electron chi connectivity index (χ2n) is 7.01. The summed E-state index contributed by atoms with van der Waals surface area (Å²) in [4.78, 5) is 23.3. The van der Waals surface area contributed by atoms with Crippen LogP contribution in [-0.4, -0.2) is 64.7 Å². The summed E-state index contributed by atoms with van der Waals surface area (Å²) in [7, 11) is 0. The Hall–Kier alpha value is -3.19. The maximum Gasteiger partial charge on any atom is 0.272 e. The van der Waals surface area contributed by atoms with Crippen LogP contribution in [0.2, 0.25) is 0 Å². The summed E-state index contributed by atoms with van der Waals surface area (Å²) in [6.45, 7) is 1.51. The lowest BCUT2D eigenvalue weighted by molar-refractivity contribution is -0.385. The molecule has 4 N–H and O–H groups in total. The van der Waals surface area contributed by atoms with Crippen LogP contribution >= 0.6 is 0 Å². The molecule has 0 radical (unpaired) electrons. The van der Waals surface area contributed by atoms with Gasteiger partial charge in [-0.25, -0.2) is 15.0 Å². The standard InChI is InChI=1S/C18H20N6O6/c1-9-2-3-10(4-11(9)24(28)29)5-19-16-13-17(21-7-20-16)23(8-22-13)18-15(27)14(26)12(6-25)30-18/h2-4,7-8,12,14-15,18,25-27H,5-6H2,1H3,(H,19,20,21)/t12-,14-,15-,18-/m1/s1. The molecule has 4 atom stereocenters. The summed E-state index contributed by atoms with van der Waals surface area (Å²) in [5.74, 6) is 0.397. The molecule has 0 unspecified atom stereocenters. The number of nitro benzene ring substituents is 1. The molecule has 0 aliphatic carbocycles. The van der Waals surface area contributed by atoms with E-state index in [1.807, 2.05) is 0 Å². The van der Waals surface area contributed by atoms with Gasteiger partial charge in [-0.3, -0.25) is 14.7 Å². The first kappa shape index (κ1) is 20.1. The van der Waals surface area contributed by atoms with E-state index in [1.54, 1.807) is 19.1 Å². The number of rotatable bonds is 6. The molecule has 30 heavy (non-hydrogen) atoms. The molecule has 12 heteroatoms. The first-order valence-electron chi connectivity index (χ1n) is 9.18. The summed E-state index contributed by atoms with van der Waals surface area (Å²) in [6, 6.07) is 4.96. The highest BCUT2D eigenvalue weighted by atomic mass is 16.6. The normalized spacial score (nSPS) is 23.7. The molecule has 0 bridgehead atoms. The van der Waals surface area contributed by atoms with Gasteiger partial charge in [0.25, 0.3) is 5.69 Å². The van der Waals surface area contributed by atoms with Crippen LogP contribution < -0.4 is 5.32 Å². The van der Waals surface area contributed by atoms with Crippen LogP contribution in [0.1, 0.15) is 17.4 Å². The zero-order valence-corrected chi connectivity index (χ0v) is 15.9. The first-order valence-corrected chi connectivity index (χ1v) is 9.18. The van der Waals surface area contributed by atoms with Crippen LogP contribution in [-0.2, 0) is 11.3 Å². The molecule has 3 aromatic rings. The lowest BCUT2D eigenvalue weighted by Crippen LogP contribution is -2.33. The number of fused-ring (bicyclic) bond motifs is 1. The van der Waals surface area contributed by atoms with E-state index in [4.69, 9.17) is 4.74 Å². The number of hydrogen-bond donors (Lipinski definition) is 4. The molecule has 1 saturated heterocycles. The largest absolute Gasteiger partial charge is 0.394 e. The van der Waals surface area contributed by atoms with E-state index in [2.05, 4.69) is 20.3 Å². The SMILES string of the molecule is Cc1ccc(CNc2ncnc3c2ncn3[C@@H]2O[C@H](CO)[C@@H](O)[C@H]2O)cc1[N+](=O)[O-]. The second kappa shape index (κ2) is 7.91. The Kier molecular flexibility index (Phi) is 5.30. The predicted octanol–water partition coefficient (Wildman–Crippen LogP) is 0.267. The maximum atomic E-state index is 11.1. The monoisotopic (exact) mass is 416 g/mol. The molecule has 1 fully saturated rings. The Balaban J connectivity index is 1.59. The van der Waals surface area contributed by atoms with E-state index in [1.165, 1.54) is 23.3 Å². The Morgan fingerprint density at radius 1 is 1.27 bits per heavy atom. The average molecular weight is 416 g/mol. The number of imidazole rings is 1. The Morgan fingerprint density at radius 2 is 2.07 bits per heavy atom. The molecule has 0 amide bonds. The summed E-state index contributed by atoms with van der Waals surface area (Å²) < 4.78 is 6.99. The smallest absolute Gasteiger partial charge is 0.272 e. The van der Waals surface area contributed by atoms with Gasteiger partial charge in [-0.1, -0.05) is 12.1 Å². The molecular weight excluding hydrogens is 396 g/mol. The van der Waals surface area contributed by atoms with Gasteiger partial charge in [0, 0.05) is 18.2 Å². The third kappa shape index (κ3) is 3.45. The summed E-state index contributed by atoms with van der Waals surface area (Å²) in [5.41, 5.74) is 2.07. The third-order valence-electron chi connectivity index (χ3n) is 5.08. The number of nitrogens with one attached hydrogen (secondary N) is 1. The topological polar surface area (TPSA) is 169 Å². The summed E-state index contributed by atoms with van der Waals surface area (Å²) in [5, 5.41) is 43.7. The van der Waals surface area contributed by atoms with Crippen molar-refractivity contribution in [2.45, 2.75) is 38.0 Å². The third-order valence-corrected chi connectivity index (χ3v) is 5.08. The molecule has 12 nitrogen and oxygen atoms in total. The molecule has 1 aliphatic rings. The minimum atomic E-state index is -1.26. The predicted molar refractivity (Wildman–Crippen MR) is 103 cm³/mol. The van der Waals surface area contributed by atoms with E-state index < -0.39 is 36.1 Å². The Morgan fingerprint density at radius 3 is 2.77 bits per heavy atom. The highest BCUT2D eigenvalue weighted by Gasteiger charge is 2.44. The second-order valence-corrected chi connectivity index (χ2v) is 7.01. The fourth-order valence-electron chi connectivity index (χ4n) is 3.42. The van der Waals surface area contributed by atoms with Crippen LogP contribution in [0.4, 0.5) is 11.5 Å². The van der Waals surface area contributed by atoms with Crippen molar-refractivity contribution in [2.75, 3.05) is 11.9 Å². The number of ether oxygens (including phenoxy) is 1. The van der Waals surface area contributed by atoms with Gasteiger partial charge < -0.3 is 25.4 Å². The van der Waals surface area contributed by atoms with Crippen molar-refractivity contribution in [2.24, 2.45) is 0 Å². The van der Waals surface area contributed by atoms with Gasteiger partial charge in [0.2, 0.25) is 0 Å². The molecule has 2 aromatic heterocycles. The van der Waals surface area contributed by atoms with Crippen molar-refractivity contribution >= 4 is 22.7 Å². The number of aliphatic hydroxyl groups excluding tert-OH is 3. The quantitative estimate of drug-likeness (QED) is 0.323. The van der Waals surface area contributed by atoms with Crippen LogP contribution in [0.25, 0.3) is 11.2 Å². The van der Waals surface area contributed by atoms with Crippen LogP contribution in [0.15, 0.2) is 30.9 Å². The van der Waals surface area contributed by atoms with E-state index in [0.29, 0.717) is 28.1 Å². The molecule has 3 heterocycles. The van der Waals surface area contributed by atoms with E-state index in [0.717, 1.165) is 0 Å². The van der Waals surface area contributed by atoms with Gasteiger partial charge in [0.15, 0.2) is 23.2 Å². The molecule has 0 spiro atoms. The van der Waals surface area contributed by atoms with E-state index >= 15 is 0 Å². The number of aliphatic hydroxyl groups is 3. The number of benzene rings is 1. The van der Waals surface area contributed by atoms with Gasteiger partial charge in [0.1, 0.15) is 24.6 Å². The van der Waals surface area contributed by atoms with Gasteiger partial charge in [-0.05, 0) is 12.5 Å². The molecule has 1 aromatic carbocycles. The Labute approximate surface area is 169 Å². The van der Waals surface area contributed by atoms with Gasteiger partial charge >= 0.3 is 0 Å². The number of aromatic nitrogens is 4. The van der Waals surface area contributed by atoms with Crippen molar-refractivity contribution < 1.29 is 25.0 Å². The fourth-order valence-corrected chi connectivity index (χ4v) is 3.42. The number of aryl methyl sites for hydroxylation is 1. The zero-order chi connectivity index (χ0) is 21.4. The van der Waals surface area contributed by atoms with Crippen LogP contribution in [0.3, 0.4) is 0 Å². The van der Waals surface area contributed by atoms with Crippen LogP contribution in [0, 0.1) is 17.0 Å². The zero-order valence-electron chi connectivity index (χ0n) is 15.9. The highest BCUT2D eigenvalue weighted by molar-refractivity contribution is 5.82. The molecule has 1 aliphatic heterocycles.